The van der Waals surface area contributed by atoms with E-state index in [4.69, 9.17) is 0 Å². The number of benzene rings is 1. The Morgan fingerprint density at radius 3 is 2.35 bits per heavy atom. The molecule has 0 radical (unpaired) electrons. The van der Waals surface area contributed by atoms with E-state index in [0.29, 0.717) is 0 Å². The first-order valence-corrected chi connectivity index (χ1v) is 5.00. The fourth-order valence-electron chi connectivity index (χ4n) is 2.08. The molecule has 94 valence electrons. The van der Waals surface area contributed by atoms with Gasteiger partial charge in [0.1, 0.15) is 0 Å². The summed E-state index contributed by atoms with van der Waals surface area (Å²) in [6, 6.07) is 3.26. The van der Waals surface area contributed by atoms with E-state index in [2.05, 4.69) is 0 Å². The molecule has 0 saturated heterocycles. The number of hydrogen-bond donors (Lipinski definition) is 1. The monoisotopic (exact) mass is 252 g/mol. The number of aliphatic hydroxyl groups is 1. The van der Waals surface area contributed by atoms with Gasteiger partial charge in [-0.15, -0.1) is 0 Å². The lowest BCUT2D eigenvalue weighted by molar-refractivity contribution is -0.289. The first-order valence-electron chi connectivity index (χ1n) is 5.00. The third-order valence-electron chi connectivity index (χ3n) is 2.93. The van der Waals surface area contributed by atoms with Crippen LogP contribution in [0.4, 0.5) is 22.0 Å². The minimum Gasteiger partial charge on any atom is -0.388 e. The molecular weight excluding hydrogens is 243 g/mol. The van der Waals surface area contributed by atoms with Crippen molar-refractivity contribution in [3.05, 3.63) is 34.9 Å². The zero-order valence-corrected chi connectivity index (χ0v) is 8.56. The normalized spacial score (nSPS) is 20.5. The molecule has 2 rings (SSSR count). The van der Waals surface area contributed by atoms with Crippen LogP contribution in [0.5, 0.6) is 0 Å². The SMILES string of the molecule is O[C@H]1CCc2c1cccc2C(F)(F)C(F)(F)F. The van der Waals surface area contributed by atoms with Crippen LogP contribution in [0.2, 0.25) is 0 Å². The zero-order valence-electron chi connectivity index (χ0n) is 8.56. The van der Waals surface area contributed by atoms with Crippen molar-refractivity contribution in [3.8, 4) is 0 Å². The Bertz CT molecular complexity index is 438. The van der Waals surface area contributed by atoms with E-state index in [0.717, 1.165) is 12.1 Å². The predicted molar refractivity (Wildman–Crippen MR) is 49.7 cm³/mol. The highest BCUT2D eigenvalue weighted by molar-refractivity contribution is 5.42. The number of rotatable bonds is 1. The first kappa shape index (κ1) is 12.3. The molecule has 1 aliphatic carbocycles. The fourth-order valence-corrected chi connectivity index (χ4v) is 2.08. The van der Waals surface area contributed by atoms with E-state index in [1.54, 1.807) is 0 Å². The molecule has 0 fully saturated rings. The summed E-state index contributed by atoms with van der Waals surface area (Å²) < 4.78 is 63.3. The quantitative estimate of drug-likeness (QED) is 0.760. The van der Waals surface area contributed by atoms with Crippen molar-refractivity contribution in [1.82, 2.24) is 0 Å². The van der Waals surface area contributed by atoms with E-state index < -0.39 is 23.8 Å². The van der Waals surface area contributed by atoms with Crippen LogP contribution in [-0.2, 0) is 12.3 Å². The van der Waals surface area contributed by atoms with Crippen molar-refractivity contribution >= 4 is 0 Å². The molecule has 0 bridgehead atoms. The van der Waals surface area contributed by atoms with Gasteiger partial charge in [0.2, 0.25) is 0 Å². The number of alkyl halides is 5. The molecule has 0 unspecified atom stereocenters. The maximum Gasteiger partial charge on any atom is 0.458 e. The van der Waals surface area contributed by atoms with Gasteiger partial charge in [0, 0.05) is 5.56 Å². The second-order valence-corrected chi connectivity index (χ2v) is 4.00. The highest BCUT2D eigenvalue weighted by Gasteiger charge is 2.59. The van der Waals surface area contributed by atoms with E-state index in [9.17, 15) is 27.1 Å². The highest BCUT2D eigenvalue weighted by Crippen LogP contribution is 2.47. The van der Waals surface area contributed by atoms with E-state index >= 15 is 0 Å². The molecule has 0 saturated carbocycles. The molecule has 6 heteroatoms. The summed E-state index contributed by atoms with van der Waals surface area (Å²) in [5.41, 5.74) is -0.951. The molecule has 1 aliphatic rings. The minimum absolute atomic E-state index is 0.0400. The minimum atomic E-state index is -5.62. The summed E-state index contributed by atoms with van der Waals surface area (Å²) in [6.07, 6.45) is -6.34. The number of halogens is 5. The first-order chi connectivity index (χ1) is 7.75. The third kappa shape index (κ3) is 1.80. The highest BCUT2D eigenvalue weighted by atomic mass is 19.4. The van der Waals surface area contributed by atoms with Gasteiger partial charge in [0.25, 0.3) is 0 Å². The second-order valence-electron chi connectivity index (χ2n) is 4.00. The van der Waals surface area contributed by atoms with Crippen LogP contribution in [0.3, 0.4) is 0 Å². The van der Waals surface area contributed by atoms with Crippen LogP contribution in [0, 0.1) is 0 Å². The molecule has 0 amide bonds. The standard InChI is InChI=1S/C11H9F5O/c12-10(13,11(14,15)16)8-3-1-2-7-6(8)4-5-9(7)17/h1-3,9,17H,4-5H2/t9-/m0/s1. The molecule has 1 nitrogen and oxygen atoms in total. The van der Waals surface area contributed by atoms with Crippen LogP contribution >= 0.6 is 0 Å². The maximum absolute atomic E-state index is 13.2. The van der Waals surface area contributed by atoms with E-state index in [1.165, 1.54) is 6.07 Å². The number of fused-ring (bicyclic) bond motifs is 1. The van der Waals surface area contributed by atoms with Crippen molar-refractivity contribution < 1.29 is 27.1 Å². The topological polar surface area (TPSA) is 20.2 Å². The Balaban J connectivity index is 2.55. The van der Waals surface area contributed by atoms with Gasteiger partial charge in [-0.2, -0.15) is 22.0 Å². The predicted octanol–water partition coefficient (Wildman–Crippen LogP) is 3.32. The van der Waals surface area contributed by atoms with Gasteiger partial charge in [0.05, 0.1) is 6.10 Å². The van der Waals surface area contributed by atoms with Gasteiger partial charge in [0.15, 0.2) is 0 Å². The van der Waals surface area contributed by atoms with Gasteiger partial charge in [-0.3, -0.25) is 0 Å². The average molecular weight is 252 g/mol. The molecule has 0 heterocycles. The van der Waals surface area contributed by atoms with Gasteiger partial charge >= 0.3 is 12.1 Å². The largest absolute Gasteiger partial charge is 0.458 e. The molecule has 0 aliphatic heterocycles. The summed E-state index contributed by atoms with van der Waals surface area (Å²) in [5, 5.41) is 9.45. The van der Waals surface area contributed by atoms with Crippen molar-refractivity contribution in [2.24, 2.45) is 0 Å². The smallest absolute Gasteiger partial charge is 0.388 e. The van der Waals surface area contributed by atoms with E-state index in [-0.39, 0.29) is 24.0 Å². The van der Waals surface area contributed by atoms with Crippen LogP contribution in [0.15, 0.2) is 18.2 Å². The molecular formula is C11H9F5O. The lowest BCUT2D eigenvalue weighted by Gasteiger charge is -2.22. The molecule has 0 spiro atoms. The lowest BCUT2D eigenvalue weighted by Crippen LogP contribution is -2.34. The van der Waals surface area contributed by atoms with Crippen LogP contribution in [0.25, 0.3) is 0 Å². The van der Waals surface area contributed by atoms with Crippen LogP contribution in [-0.4, -0.2) is 11.3 Å². The molecule has 1 atom stereocenters. The fraction of sp³-hybridized carbons (Fsp3) is 0.455. The third-order valence-corrected chi connectivity index (χ3v) is 2.93. The molecule has 17 heavy (non-hydrogen) atoms. The maximum atomic E-state index is 13.2. The van der Waals surface area contributed by atoms with Crippen molar-refractivity contribution in [2.75, 3.05) is 0 Å². The Hall–Kier alpha value is -1.17. The van der Waals surface area contributed by atoms with Crippen molar-refractivity contribution in [1.29, 1.82) is 0 Å². The summed E-state index contributed by atoms with van der Waals surface area (Å²) in [4.78, 5) is 0. The molecule has 0 aromatic heterocycles. The van der Waals surface area contributed by atoms with Crippen molar-refractivity contribution in [2.45, 2.75) is 31.0 Å². The summed E-state index contributed by atoms with van der Waals surface area (Å²) in [7, 11) is 0. The summed E-state index contributed by atoms with van der Waals surface area (Å²) in [6.45, 7) is 0. The molecule has 1 aromatic carbocycles. The van der Waals surface area contributed by atoms with Gasteiger partial charge in [-0.25, -0.2) is 0 Å². The average Bonchev–Trinajstić information content (AvgIpc) is 2.59. The van der Waals surface area contributed by atoms with Gasteiger partial charge < -0.3 is 5.11 Å². The Morgan fingerprint density at radius 1 is 1.12 bits per heavy atom. The Kier molecular flexibility index (Phi) is 2.65. The van der Waals surface area contributed by atoms with Crippen molar-refractivity contribution in [3.63, 3.8) is 0 Å². The lowest BCUT2D eigenvalue weighted by atomic mass is 9.97. The van der Waals surface area contributed by atoms with Crippen LogP contribution < -0.4 is 0 Å². The Morgan fingerprint density at radius 2 is 1.76 bits per heavy atom. The van der Waals surface area contributed by atoms with Gasteiger partial charge in [-0.05, 0) is 24.0 Å². The Labute approximate surface area is 93.9 Å². The van der Waals surface area contributed by atoms with E-state index in [1.807, 2.05) is 0 Å². The van der Waals surface area contributed by atoms with Crippen LogP contribution in [0.1, 0.15) is 29.2 Å². The van der Waals surface area contributed by atoms with Gasteiger partial charge in [-0.1, -0.05) is 18.2 Å². The zero-order chi connectivity index (χ0) is 12.8. The number of hydrogen-bond acceptors (Lipinski definition) is 1. The molecule has 1 N–H and O–H groups in total. The summed E-state index contributed by atoms with van der Waals surface area (Å²) >= 11 is 0. The summed E-state index contributed by atoms with van der Waals surface area (Å²) in [5.74, 6) is -4.87. The number of aliphatic hydroxyl groups excluding tert-OH is 1. The second kappa shape index (κ2) is 3.66. The molecule has 1 aromatic rings.